The first-order valence-electron chi connectivity index (χ1n) is 5.46. The number of aromatic hydroxyl groups is 1. The van der Waals surface area contributed by atoms with E-state index in [0.29, 0.717) is 12.0 Å². The van der Waals surface area contributed by atoms with Crippen molar-refractivity contribution in [1.29, 1.82) is 0 Å². The molecule has 0 amide bonds. The first-order chi connectivity index (χ1) is 8.09. The Morgan fingerprint density at radius 3 is 2.59 bits per heavy atom. The zero-order chi connectivity index (χ0) is 12.3. The third-order valence-corrected chi connectivity index (χ3v) is 2.65. The van der Waals surface area contributed by atoms with Crippen molar-refractivity contribution in [1.82, 2.24) is 0 Å². The van der Waals surface area contributed by atoms with Crippen molar-refractivity contribution >= 4 is 5.97 Å². The minimum atomic E-state index is -0.580. The van der Waals surface area contributed by atoms with Gasteiger partial charge in [-0.1, -0.05) is 18.2 Å². The van der Waals surface area contributed by atoms with Crippen molar-refractivity contribution in [2.24, 2.45) is 0 Å². The minimum absolute atomic E-state index is 0.133. The third-order valence-electron chi connectivity index (χ3n) is 2.65. The maximum atomic E-state index is 11.9. The highest BCUT2D eigenvalue weighted by Gasteiger charge is 2.26. The first-order valence-corrected chi connectivity index (χ1v) is 5.46. The van der Waals surface area contributed by atoms with E-state index in [4.69, 9.17) is 9.84 Å². The fourth-order valence-corrected chi connectivity index (χ4v) is 1.65. The van der Waals surface area contributed by atoms with Gasteiger partial charge >= 0.3 is 5.97 Å². The molecular weight excluding hydrogens is 216 g/mol. The molecule has 88 valence electrons. The number of phenols is 1. The molecule has 0 aliphatic heterocycles. The van der Waals surface area contributed by atoms with Crippen LogP contribution < -0.4 is 0 Å². The van der Waals surface area contributed by atoms with Crippen LogP contribution in [0.4, 0.5) is 0 Å². The molecule has 0 saturated heterocycles. The quantitative estimate of drug-likeness (QED) is 0.795. The van der Waals surface area contributed by atoms with Crippen molar-refractivity contribution in [3.05, 3.63) is 54.1 Å². The second kappa shape index (κ2) is 4.45. The summed E-state index contributed by atoms with van der Waals surface area (Å²) in [4.78, 5) is 11.9. The van der Waals surface area contributed by atoms with Gasteiger partial charge in [0.1, 0.15) is 11.4 Å². The molecule has 1 aromatic carbocycles. The van der Waals surface area contributed by atoms with Gasteiger partial charge in [-0.25, -0.2) is 4.79 Å². The van der Waals surface area contributed by atoms with E-state index >= 15 is 0 Å². The molecule has 2 rings (SSSR count). The summed E-state index contributed by atoms with van der Waals surface area (Å²) in [5, 5.41) is 9.14. The number of hydrogen-bond donors (Lipinski definition) is 1. The molecule has 3 heteroatoms. The lowest BCUT2D eigenvalue weighted by Crippen LogP contribution is -2.29. The first kappa shape index (κ1) is 11.5. The topological polar surface area (TPSA) is 46.5 Å². The Morgan fingerprint density at radius 2 is 2.00 bits per heavy atom. The fraction of sp³-hybridized carbons (Fsp3) is 0.214. The number of phenolic OH excluding ortho intramolecular Hbond substituents is 1. The summed E-state index contributed by atoms with van der Waals surface area (Å²) in [5.41, 5.74) is -0.143. The smallest absolute Gasteiger partial charge is 0.338 e. The lowest BCUT2D eigenvalue weighted by atomic mass is 9.97. The zero-order valence-corrected chi connectivity index (χ0v) is 9.59. The summed E-state index contributed by atoms with van der Waals surface area (Å²) in [6.07, 6.45) is 8.30. The van der Waals surface area contributed by atoms with E-state index in [0.717, 1.165) is 0 Å². The monoisotopic (exact) mass is 230 g/mol. The van der Waals surface area contributed by atoms with E-state index in [1.807, 2.05) is 31.2 Å². The van der Waals surface area contributed by atoms with Gasteiger partial charge in [0.05, 0.1) is 5.56 Å². The maximum Gasteiger partial charge on any atom is 0.338 e. The Morgan fingerprint density at radius 1 is 1.29 bits per heavy atom. The Balaban J connectivity index is 2.09. The van der Waals surface area contributed by atoms with E-state index in [1.54, 1.807) is 12.1 Å². The van der Waals surface area contributed by atoms with Crippen molar-refractivity contribution in [2.75, 3.05) is 0 Å². The average Bonchev–Trinajstić information content (AvgIpc) is 2.30. The summed E-state index contributed by atoms with van der Waals surface area (Å²) >= 11 is 0. The van der Waals surface area contributed by atoms with Gasteiger partial charge in [-0.05, 0) is 37.3 Å². The van der Waals surface area contributed by atoms with Crippen molar-refractivity contribution in [3.63, 3.8) is 0 Å². The molecule has 0 fully saturated rings. The van der Waals surface area contributed by atoms with Crippen molar-refractivity contribution in [3.8, 4) is 5.75 Å². The normalized spacial score (nSPS) is 22.4. The molecule has 1 N–H and O–H groups in total. The van der Waals surface area contributed by atoms with E-state index in [1.165, 1.54) is 12.1 Å². The van der Waals surface area contributed by atoms with Gasteiger partial charge in [0.25, 0.3) is 0 Å². The van der Waals surface area contributed by atoms with E-state index in [9.17, 15) is 4.79 Å². The van der Waals surface area contributed by atoms with Gasteiger partial charge in [-0.3, -0.25) is 0 Å². The van der Waals surface area contributed by atoms with Crippen LogP contribution in [0.3, 0.4) is 0 Å². The molecule has 0 saturated carbocycles. The van der Waals surface area contributed by atoms with Crippen LogP contribution in [0.1, 0.15) is 23.7 Å². The molecule has 1 atom stereocenters. The summed E-state index contributed by atoms with van der Waals surface area (Å²) in [7, 11) is 0. The average molecular weight is 230 g/mol. The van der Waals surface area contributed by atoms with Crippen LogP contribution >= 0.6 is 0 Å². The summed E-state index contributed by atoms with van der Waals surface area (Å²) in [6, 6.07) is 6.03. The molecule has 17 heavy (non-hydrogen) atoms. The van der Waals surface area contributed by atoms with Crippen LogP contribution in [0.15, 0.2) is 48.6 Å². The number of hydrogen-bond acceptors (Lipinski definition) is 3. The molecule has 0 radical (unpaired) electrons. The molecule has 1 aliphatic rings. The number of benzene rings is 1. The zero-order valence-electron chi connectivity index (χ0n) is 9.59. The molecule has 0 spiro atoms. The SMILES string of the molecule is CC1(OC(=O)c2ccc(O)cc2)C=CC=CC1. The van der Waals surface area contributed by atoms with Gasteiger partial charge in [0.15, 0.2) is 0 Å². The number of ether oxygens (including phenoxy) is 1. The molecule has 0 bridgehead atoms. The minimum Gasteiger partial charge on any atom is -0.508 e. The molecular formula is C14H14O3. The Labute approximate surface area is 100 Å². The molecule has 3 nitrogen and oxygen atoms in total. The Bertz CT molecular complexity index is 471. The van der Waals surface area contributed by atoms with Crippen LogP contribution in [-0.2, 0) is 4.74 Å². The lowest BCUT2D eigenvalue weighted by Gasteiger charge is -2.26. The highest BCUT2D eigenvalue weighted by atomic mass is 16.6. The predicted molar refractivity (Wildman–Crippen MR) is 64.8 cm³/mol. The number of carbonyl (C=O) groups is 1. The number of carbonyl (C=O) groups excluding carboxylic acids is 1. The third kappa shape index (κ3) is 2.75. The molecule has 0 aromatic heterocycles. The molecule has 0 heterocycles. The molecule has 1 aliphatic carbocycles. The van der Waals surface area contributed by atoms with Crippen LogP contribution in [0, 0.1) is 0 Å². The van der Waals surface area contributed by atoms with Gasteiger partial charge in [0.2, 0.25) is 0 Å². The second-order valence-corrected chi connectivity index (χ2v) is 4.24. The van der Waals surface area contributed by atoms with E-state index in [-0.39, 0.29) is 11.7 Å². The lowest BCUT2D eigenvalue weighted by molar-refractivity contribution is 0.0116. The van der Waals surface area contributed by atoms with Crippen LogP contribution in [0.2, 0.25) is 0 Å². The maximum absolute atomic E-state index is 11.9. The number of allylic oxidation sites excluding steroid dienone is 2. The standard InChI is InChI=1S/C14H14O3/c1-14(9-3-2-4-10-14)17-13(16)11-5-7-12(15)8-6-11/h2-9,15H,10H2,1H3. The summed E-state index contributed by atoms with van der Waals surface area (Å²) in [6.45, 7) is 1.87. The van der Waals surface area contributed by atoms with Crippen LogP contribution in [0.5, 0.6) is 5.75 Å². The molecule has 1 aromatic rings. The Kier molecular flexibility index (Phi) is 3.00. The Hall–Kier alpha value is -2.03. The second-order valence-electron chi connectivity index (χ2n) is 4.24. The van der Waals surface area contributed by atoms with Crippen LogP contribution in [-0.4, -0.2) is 16.7 Å². The predicted octanol–water partition coefficient (Wildman–Crippen LogP) is 2.82. The van der Waals surface area contributed by atoms with Crippen molar-refractivity contribution < 1.29 is 14.6 Å². The van der Waals surface area contributed by atoms with E-state index < -0.39 is 5.60 Å². The van der Waals surface area contributed by atoms with Gasteiger partial charge in [-0.2, -0.15) is 0 Å². The molecule has 1 unspecified atom stereocenters. The summed E-state index contributed by atoms with van der Waals surface area (Å²) < 4.78 is 5.45. The number of esters is 1. The van der Waals surface area contributed by atoms with Gasteiger partial charge in [0, 0.05) is 6.42 Å². The van der Waals surface area contributed by atoms with Crippen molar-refractivity contribution in [2.45, 2.75) is 18.9 Å². The summed E-state index contributed by atoms with van der Waals surface area (Å²) in [5.74, 6) is -0.249. The van der Waals surface area contributed by atoms with Gasteiger partial charge in [-0.15, -0.1) is 0 Å². The van der Waals surface area contributed by atoms with E-state index in [2.05, 4.69) is 0 Å². The highest BCUT2D eigenvalue weighted by molar-refractivity contribution is 5.89. The fourth-order valence-electron chi connectivity index (χ4n) is 1.65. The number of rotatable bonds is 2. The largest absolute Gasteiger partial charge is 0.508 e. The van der Waals surface area contributed by atoms with Crippen LogP contribution in [0.25, 0.3) is 0 Å². The highest BCUT2D eigenvalue weighted by Crippen LogP contribution is 2.23. The van der Waals surface area contributed by atoms with Gasteiger partial charge < -0.3 is 9.84 Å².